The summed E-state index contributed by atoms with van der Waals surface area (Å²) in [6.07, 6.45) is 4.01. The summed E-state index contributed by atoms with van der Waals surface area (Å²) in [5.74, 6) is -0.323. The normalized spacial score (nSPS) is 24.0. The lowest BCUT2D eigenvalue weighted by Crippen LogP contribution is -2.47. The van der Waals surface area contributed by atoms with Gasteiger partial charge < -0.3 is 10.1 Å². The highest BCUT2D eigenvalue weighted by Crippen LogP contribution is 2.28. The fraction of sp³-hybridized carbons (Fsp3) is 0.571. The van der Waals surface area contributed by atoms with Crippen molar-refractivity contribution in [1.29, 1.82) is 0 Å². The molecule has 1 saturated carbocycles. The van der Waals surface area contributed by atoms with Gasteiger partial charge in [0.2, 0.25) is 11.8 Å². The first-order chi connectivity index (χ1) is 14.1. The van der Waals surface area contributed by atoms with Gasteiger partial charge in [0.05, 0.1) is 0 Å². The summed E-state index contributed by atoms with van der Waals surface area (Å²) in [6.45, 7) is 1.25. The van der Waals surface area contributed by atoms with Crippen molar-refractivity contribution in [3.05, 3.63) is 35.9 Å². The van der Waals surface area contributed by atoms with Gasteiger partial charge >= 0.3 is 6.09 Å². The van der Waals surface area contributed by atoms with Crippen LogP contribution in [0.1, 0.15) is 44.1 Å². The van der Waals surface area contributed by atoms with Crippen LogP contribution in [-0.2, 0) is 20.9 Å². The third kappa shape index (κ3) is 5.69. The van der Waals surface area contributed by atoms with Crippen molar-refractivity contribution in [2.75, 3.05) is 13.1 Å². The summed E-state index contributed by atoms with van der Waals surface area (Å²) in [6, 6.07) is 8.97. The van der Waals surface area contributed by atoms with Crippen LogP contribution < -0.4 is 10.8 Å². The Balaban J connectivity index is 1.42. The monoisotopic (exact) mass is 403 g/mol. The molecule has 3 amide bonds. The summed E-state index contributed by atoms with van der Waals surface area (Å²) in [4.78, 5) is 38.1. The summed E-state index contributed by atoms with van der Waals surface area (Å²) >= 11 is 0. The van der Waals surface area contributed by atoms with Crippen molar-refractivity contribution in [3.8, 4) is 0 Å². The maximum absolute atomic E-state index is 12.6. The SMILES string of the molecule is O=C(NO)C1CCC(CNC(=O)[C@@H]2CCCN2C(=O)OCc2ccccc2)CC1. The van der Waals surface area contributed by atoms with E-state index in [1.165, 1.54) is 4.90 Å². The van der Waals surface area contributed by atoms with E-state index in [2.05, 4.69) is 5.32 Å². The number of hydrogen-bond acceptors (Lipinski definition) is 5. The molecule has 1 aliphatic heterocycles. The Kier molecular flexibility index (Phi) is 7.46. The molecule has 1 aromatic rings. The average Bonchev–Trinajstić information content (AvgIpc) is 3.26. The third-order valence-corrected chi connectivity index (χ3v) is 5.89. The van der Waals surface area contributed by atoms with E-state index in [0.717, 1.165) is 24.8 Å². The van der Waals surface area contributed by atoms with E-state index < -0.39 is 12.1 Å². The lowest BCUT2D eigenvalue weighted by molar-refractivity contribution is -0.134. The number of benzene rings is 1. The van der Waals surface area contributed by atoms with Crippen molar-refractivity contribution in [2.45, 2.75) is 51.2 Å². The molecule has 0 unspecified atom stereocenters. The van der Waals surface area contributed by atoms with Gasteiger partial charge in [-0.15, -0.1) is 0 Å². The molecule has 158 valence electrons. The number of ether oxygens (including phenoxy) is 1. The van der Waals surface area contributed by atoms with Crippen LogP contribution in [0.15, 0.2) is 30.3 Å². The Bertz CT molecular complexity index is 704. The summed E-state index contributed by atoms with van der Waals surface area (Å²) in [7, 11) is 0. The number of carbonyl (C=O) groups excluding carboxylic acids is 3. The Morgan fingerprint density at radius 1 is 1.03 bits per heavy atom. The fourth-order valence-corrected chi connectivity index (χ4v) is 4.14. The number of hydroxylamine groups is 1. The van der Waals surface area contributed by atoms with E-state index in [1.807, 2.05) is 30.3 Å². The van der Waals surface area contributed by atoms with E-state index in [1.54, 1.807) is 5.48 Å². The van der Waals surface area contributed by atoms with Gasteiger partial charge in [-0.25, -0.2) is 10.3 Å². The first-order valence-electron chi connectivity index (χ1n) is 10.3. The van der Waals surface area contributed by atoms with Crippen LogP contribution >= 0.6 is 0 Å². The first-order valence-corrected chi connectivity index (χ1v) is 10.3. The van der Waals surface area contributed by atoms with Crippen LogP contribution in [0.5, 0.6) is 0 Å². The predicted molar refractivity (Wildman–Crippen MR) is 105 cm³/mol. The maximum atomic E-state index is 12.6. The Morgan fingerprint density at radius 3 is 2.45 bits per heavy atom. The topological polar surface area (TPSA) is 108 Å². The maximum Gasteiger partial charge on any atom is 0.410 e. The molecule has 0 spiro atoms. The molecule has 2 aliphatic rings. The minimum atomic E-state index is -0.491. The van der Waals surface area contributed by atoms with Gasteiger partial charge in [-0.05, 0) is 50.0 Å². The number of nitrogens with zero attached hydrogens (tertiary/aromatic N) is 1. The number of likely N-dealkylation sites (tertiary alicyclic amines) is 1. The summed E-state index contributed by atoms with van der Waals surface area (Å²) in [5.41, 5.74) is 2.62. The molecule has 1 saturated heterocycles. The van der Waals surface area contributed by atoms with Crippen molar-refractivity contribution in [2.24, 2.45) is 11.8 Å². The smallest absolute Gasteiger partial charge is 0.410 e. The highest BCUT2D eigenvalue weighted by molar-refractivity contribution is 5.86. The Morgan fingerprint density at radius 2 is 1.76 bits per heavy atom. The number of carbonyl (C=O) groups is 3. The molecule has 29 heavy (non-hydrogen) atoms. The lowest BCUT2D eigenvalue weighted by atomic mass is 9.81. The number of rotatable bonds is 6. The molecule has 8 nitrogen and oxygen atoms in total. The summed E-state index contributed by atoms with van der Waals surface area (Å²) in [5, 5.41) is 11.7. The number of amides is 3. The number of hydrogen-bond donors (Lipinski definition) is 3. The predicted octanol–water partition coefficient (Wildman–Crippen LogP) is 2.22. The van der Waals surface area contributed by atoms with Crippen LogP contribution in [0, 0.1) is 11.8 Å². The molecule has 1 atom stereocenters. The zero-order valence-electron chi connectivity index (χ0n) is 16.5. The third-order valence-electron chi connectivity index (χ3n) is 5.89. The van der Waals surface area contributed by atoms with E-state index >= 15 is 0 Å². The molecule has 0 radical (unpaired) electrons. The quantitative estimate of drug-likeness (QED) is 0.499. The molecular weight excluding hydrogens is 374 g/mol. The van der Waals surface area contributed by atoms with Crippen LogP contribution in [0.4, 0.5) is 4.79 Å². The highest BCUT2D eigenvalue weighted by atomic mass is 16.6. The van der Waals surface area contributed by atoms with Crippen molar-refractivity contribution in [1.82, 2.24) is 15.7 Å². The van der Waals surface area contributed by atoms with Gasteiger partial charge in [0.25, 0.3) is 0 Å². The second-order valence-electron chi connectivity index (χ2n) is 7.83. The van der Waals surface area contributed by atoms with E-state index in [9.17, 15) is 14.4 Å². The molecule has 1 heterocycles. The fourth-order valence-electron chi connectivity index (χ4n) is 4.14. The van der Waals surface area contributed by atoms with Crippen LogP contribution in [0.2, 0.25) is 0 Å². The molecule has 2 fully saturated rings. The highest BCUT2D eigenvalue weighted by Gasteiger charge is 2.35. The first kappa shape index (κ1) is 21.1. The van der Waals surface area contributed by atoms with Gasteiger partial charge in [0, 0.05) is 19.0 Å². The van der Waals surface area contributed by atoms with Crippen molar-refractivity contribution in [3.63, 3.8) is 0 Å². The molecule has 0 aromatic heterocycles. The average molecular weight is 403 g/mol. The summed E-state index contributed by atoms with van der Waals surface area (Å²) < 4.78 is 5.38. The van der Waals surface area contributed by atoms with Gasteiger partial charge in [0.1, 0.15) is 12.6 Å². The minimum absolute atomic E-state index is 0.144. The van der Waals surface area contributed by atoms with E-state index in [4.69, 9.17) is 9.94 Å². The van der Waals surface area contributed by atoms with Crippen molar-refractivity contribution >= 4 is 17.9 Å². The van der Waals surface area contributed by atoms with Gasteiger partial charge in [-0.3, -0.25) is 19.7 Å². The van der Waals surface area contributed by atoms with Crippen LogP contribution in [-0.4, -0.2) is 47.1 Å². The molecular formula is C21H29N3O5. The molecule has 0 bridgehead atoms. The second kappa shape index (κ2) is 10.2. The van der Waals surface area contributed by atoms with E-state index in [-0.39, 0.29) is 24.3 Å². The molecule has 1 aromatic carbocycles. The van der Waals surface area contributed by atoms with Gasteiger partial charge in [0.15, 0.2) is 0 Å². The molecule has 3 N–H and O–H groups in total. The van der Waals surface area contributed by atoms with Crippen molar-refractivity contribution < 1.29 is 24.3 Å². The van der Waals surface area contributed by atoms with Crippen LogP contribution in [0.3, 0.4) is 0 Å². The standard InChI is InChI=1S/C21H29N3O5/c25-19(23-28)17-10-8-15(9-11-17)13-22-20(26)18-7-4-12-24(18)21(27)29-14-16-5-2-1-3-6-16/h1-3,5-6,15,17-18,28H,4,7-14H2,(H,22,26)(H,23,25)/t15?,17?,18-/m0/s1. The van der Waals surface area contributed by atoms with Crippen LogP contribution in [0.25, 0.3) is 0 Å². The van der Waals surface area contributed by atoms with Gasteiger partial charge in [-0.1, -0.05) is 30.3 Å². The lowest BCUT2D eigenvalue weighted by Gasteiger charge is -2.28. The van der Waals surface area contributed by atoms with Gasteiger partial charge in [-0.2, -0.15) is 0 Å². The molecule has 1 aliphatic carbocycles. The minimum Gasteiger partial charge on any atom is -0.445 e. The molecule has 8 heteroatoms. The zero-order chi connectivity index (χ0) is 20.6. The number of nitrogens with one attached hydrogen (secondary N) is 2. The second-order valence-corrected chi connectivity index (χ2v) is 7.83. The Labute approximate surface area is 170 Å². The van der Waals surface area contributed by atoms with E-state index in [0.29, 0.717) is 38.3 Å². The Hall–Kier alpha value is -2.61. The molecule has 3 rings (SSSR count). The largest absolute Gasteiger partial charge is 0.445 e. The zero-order valence-corrected chi connectivity index (χ0v) is 16.5.